The Hall–Kier alpha value is -1.35. The first-order chi connectivity index (χ1) is 9.60. The van der Waals surface area contributed by atoms with Crippen LogP contribution in [-0.4, -0.2) is 36.9 Å². The van der Waals surface area contributed by atoms with Gasteiger partial charge >= 0.3 is 0 Å². The van der Waals surface area contributed by atoms with Crippen molar-refractivity contribution in [2.24, 2.45) is 5.92 Å². The summed E-state index contributed by atoms with van der Waals surface area (Å²) < 4.78 is 5.27. The van der Waals surface area contributed by atoms with E-state index in [1.807, 2.05) is 25.1 Å². The van der Waals surface area contributed by atoms with Gasteiger partial charge in [0.2, 0.25) is 0 Å². The quantitative estimate of drug-likeness (QED) is 0.793. The molecule has 3 rings (SSSR count). The third-order valence-corrected chi connectivity index (χ3v) is 5.15. The Balaban J connectivity index is 1.78. The van der Waals surface area contributed by atoms with Crippen molar-refractivity contribution >= 4 is 5.78 Å². The fourth-order valence-corrected chi connectivity index (χ4v) is 3.89. The van der Waals surface area contributed by atoms with Crippen LogP contribution in [0.2, 0.25) is 0 Å². The van der Waals surface area contributed by atoms with Crippen LogP contribution in [0.25, 0.3) is 0 Å². The molecule has 1 aromatic carbocycles. The van der Waals surface area contributed by atoms with E-state index in [9.17, 15) is 4.79 Å². The van der Waals surface area contributed by atoms with Gasteiger partial charge in [-0.25, -0.2) is 0 Å². The number of aryl methyl sites for hydroxylation is 1. The first-order valence-electron chi connectivity index (χ1n) is 7.51. The molecule has 3 nitrogen and oxygen atoms in total. The van der Waals surface area contributed by atoms with E-state index in [0.29, 0.717) is 17.9 Å². The molecular weight excluding hydrogens is 250 g/mol. The number of ketones is 1. The third kappa shape index (κ3) is 2.24. The lowest BCUT2D eigenvalue weighted by Gasteiger charge is -2.35. The lowest BCUT2D eigenvalue weighted by molar-refractivity contribution is 0.0767. The Morgan fingerprint density at radius 3 is 2.45 bits per heavy atom. The average molecular weight is 273 g/mol. The first kappa shape index (κ1) is 13.6. The minimum absolute atomic E-state index is 0.205. The van der Waals surface area contributed by atoms with E-state index < -0.39 is 0 Å². The molecule has 1 aromatic rings. The number of methoxy groups -OCH3 is 1. The van der Waals surface area contributed by atoms with Crippen molar-refractivity contribution in [2.45, 2.75) is 44.7 Å². The highest BCUT2D eigenvalue weighted by molar-refractivity contribution is 5.98. The van der Waals surface area contributed by atoms with E-state index in [-0.39, 0.29) is 5.92 Å². The minimum atomic E-state index is 0.205. The molecule has 2 unspecified atom stereocenters. The zero-order valence-corrected chi connectivity index (χ0v) is 12.6. The number of nitrogens with zero attached hydrogens (tertiary/aromatic N) is 1. The van der Waals surface area contributed by atoms with Crippen molar-refractivity contribution in [3.05, 3.63) is 29.3 Å². The highest BCUT2D eigenvalue weighted by Gasteiger charge is 2.40. The van der Waals surface area contributed by atoms with E-state index in [1.54, 1.807) is 7.11 Å². The van der Waals surface area contributed by atoms with Crippen molar-refractivity contribution in [3.63, 3.8) is 0 Å². The number of rotatable bonds is 3. The summed E-state index contributed by atoms with van der Waals surface area (Å²) in [5, 5.41) is 0. The van der Waals surface area contributed by atoms with Crippen LogP contribution in [-0.2, 0) is 0 Å². The molecule has 0 N–H and O–H groups in total. The molecule has 2 aliphatic heterocycles. The zero-order valence-electron chi connectivity index (χ0n) is 12.6. The van der Waals surface area contributed by atoms with Crippen LogP contribution in [0.1, 0.15) is 41.6 Å². The summed E-state index contributed by atoms with van der Waals surface area (Å²) in [5.41, 5.74) is 1.88. The van der Waals surface area contributed by atoms with Gasteiger partial charge in [0.15, 0.2) is 5.78 Å². The zero-order chi connectivity index (χ0) is 14.3. The van der Waals surface area contributed by atoms with E-state index in [2.05, 4.69) is 11.9 Å². The molecule has 2 saturated heterocycles. The number of carbonyl (C=O) groups excluding carboxylic acids is 1. The summed E-state index contributed by atoms with van der Waals surface area (Å²) in [7, 11) is 3.87. The van der Waals surface area contributed by atoms with E-state index in [4.69, 9.17) is 4.74 Å². The normalized spacial score (nSPS) is 29.4. The molecule has 0 radical (unpaired) electrons. The van der Waals surface area contributed by atoms with Crippen molar-refractivity contribution in [1.29, 1.82) is 0 Å². The Bertz CT molecular complexity index is 512. The summed E-state index contributed by atoms with van der Waals surface area (Å²) >= 11 is 0. The molecule has 108 valence electrons. The molecule has 2 atom stereocenters. The molecular formula is C17H23NO2. The smallest absolute Gasteiger partial charge is 0.166 e. The Morgan fingerprint density at radius 2 is 1.90 bits per heavy atom. The van der Waals surface area contributed by atoms with Crippen LogP contribution >= 0.6 is 0 Å². The van der Waals surface area contributed by atoms with Gasteiger partial charge in [-0.05, 0) is 63.4 Å². The standard InChI is InChI=1S/C17H23NO2/c1-11-8-12(4-7-16(11)20-3)17(19)13-9-14-5-6-15(10-13)18(14)2/h4,7-8,13-15H,5-6,9-10H2,1-3H3. The maximum absolute atomic E-state index is 12.7. The average Bonchev–Trinajstić information content (AvgIpc) is 2.67. The summed E-state index contributed by atoms with van der Waals surface area (Å²) in [6, 6.07) is 7.02. The number of piperidine rings is 1. The van der Waals surface area contributed by atoms with Gasteiger partial charge in [-0.2, -0.15) is 0 Å². The largest absolute Gasteiger partial charge is 0.496 e. The fraction of sp³-hybridized carbons (Fsp3) is 0.588. The van der Waals surface area contributed by atoms with Gasteiger partial charge in [0, 0.05) is 23.6 Å². The van der Waals surface area contributed by atoms with Crippen LogP contribution in [0.5, 0.6) is 5.75 Å². The molecule has 0 spiro atoms. The summed E-state index contributed by atoms with van der Waals surface area (Å²) in [6.45, 7) is 1.99. The monoisotopic (exact) mass is 273 g/mol. The highest BCUT2D eigenvalue weighted by Crippen LogP contribution is 2.38. The van der Waals surface area contributed by atoms with Gasteiger partial charge in [0.05, 0.1) is 7.11 Å². The van der Waals surface area contributed by atoms with Crippen molar-refractivity contribution in [3.8, 4) is 5.75 Å². The summed E-state index contributed by atoms with van der Waals surface area (Å²) in [6.07, 6.45) is 4.56. The topological polar surface area (TPSA) is 29.5 Å². The van der Waals surface area contributed by atoms with Gasteiger partial charge in [0.25, 0.3) is 0 Å². The van der Waals surface area contributed by atoms with Gasteiger partial charge in [-0.3, -0.25) is 4.79 Å². The molecule has 3 heteroatoms. The number of benzene rings is 1. The molecule has 2 fully saturated rings. The molecule has 0 amide bonds. The van der Waals surface area contributed by atoms with E-state index in [0.717, 1.165) is 29.7 Å². The fourth-order valence-electron chi connectivity index (χ4n) is 3.89. The molecule has 2 bridgehead atoms. The van der Waals surface area contributed by atoms with Crippen LogP contribution in [0.4, 0.5) is 0 Å². The molecule has 2 aliphatic rings. The Morgan fingerprint density at radius 1 is 1.25 bits per heavy atom. The minimum Gasteiger partial charge on any atom is -0.496 e. The second-order valence-corrected chi connectivity index (χ2v) is 6.27. The molecule has 0 aromatic heterocycles. The number of Topliss-reactive ketones (excluding diaryl/α,β-unsaturated/α-hetero) is 1. The Labute approximate surface area is 120 Å². The molecule has 0 aliphatic carbocycles. The predicted molar refractivity (Wildman–Crippen MR) is 79.4 cm³/mol. The maximum atomic E-state index is 12.7. The van der Waals surface area contributed by atoms with Gasteiger partial charge in [0.1, 0.15) is 5.75 Å². The lowest BCUT2D eigenvalue weighted by Crippen LogP contribution is -2.42. The number of carbonyl (C=O) groups is 1. The molecule has 20 heavy (non-hydrogen) atoms. The SMILES string of the molecule is COc1ccc(C(=O)C2CC3CCC(C2)N3C)cc1C. The summed E-state index contributed by atoms with van der Waals surface area (Å²) in [4.78, 5) is 15.2. The number of fused-ring (bicyclic) bond motifs is 2. The number of hydrogen-bond donors (Lipinski definition) is 0. The van der Waals surface area contributed by atoms with E-state index in [1.165, 1.54) is 12.8 Å². The van der Waals surface area contributed by atoms with Crippen LogP contribution in [0.3, 0.4) is 0 Å². The second-order valence-electron chi connectivity index (χ2n) is 6.27. The maximum Gasteiger partial charge on any atom is 0.166 e. The van der Waals surface area contributed by atoms with Gasteiger partial charge < -0.3 is 9.64 Å². The van der Waals surface area contributed by atoms with Crippen molar-refractivity contribution in [1.82, 2.24) is 4.90 Å². The van der Waals surface area contributed by atoms with Gasteiger partial charge in [-0.1, -0.05) is 0 Å². The van der Waals surface area contributed by atoms with Crippen molar-refractivity contribution < 1.29 is 9.53 Å². The number of ether oxygens (including phenoxy) is 1. The summed E-state index contributed by atoms with van der Waals surface area (Å²) in [5.74, 6) is 1.38. The second kappa shape index (κ2) is 5.21. The predicted octanol–water partition coefficient (Wildman–Crippen LogP) is 3.06. The van der Waals surface area contributed by atoms with E-state index >= 15 is 0 Å². The highest BCUT2D eigenvalue weighted by atomic mass is 16.5. The van der Waals surface area contributed by atoms with Gasteiger partial charge in [-0.15, -0.1) is 0 Å². The van der Waals surface area contributed by atoms with Crippen LogP contribution in [0, 0.1) is 12.8 Å². The van der Waals surface area contributed by atoms with Crippen LogP contribution in [0.15, 0.2) is 18.2 Å². The molecule has 0 saturated carbocycles. The third-order valence-electron chi connectivity index (χ3n) is 5.15. The van der Waals surface area contributed by atoms with Crippen molar-refractivity contribution in [2.75, 3.05) is 14.2 Å². The Kier molecular flexibility index (Phi) is 3.55. The lowest BCUT2D eigenvalue weighted by atomic mass is 9.84. The number of hydrogen-bond acceptors (Lipinski definition) is 3. The molecule has 2 heterocycles. The first-order valence-corrected chi connectivity index (χ1v) is 7.51. The van der Waals surface area contributed by atoms with Crippen LogP contribution < -0.4 is 4.74 Å².